The molecule has 0 atom stereocenters. The van der Waals surface area contributed by atoms with Crippen molar-refractivity contribution in [1.82, 2.24) is 20.2 Å². The van der Waals surface area contributed by atoms with E-state index in [4.69, 9.17) is 4.74 Å². The molecule has 1 amide bonds. The van der Waals surface area contributed by atoms with Gasteiger partial charge in [-0.1, -0.05) is 12.1 Å². The molecule has 128 valence electrons. The first kappa shape index (κ1) is 17.7. The number of amides is 1. The molecule has 0 saturated carbocycles. The lowest BCUT2D eigenvalue weighted by molar-refractivity contribution is 0.0946. The molecule has 1 heterocycles. The minimum atomic E-state index is -0.233. The molecule has 7 nitrogen and oxygen atoms in total. The molecule has 0 bridgehead atoms. The van der Waals surface area contributed by atoms with E-state index in [1.807, 2.05) is 38.4 Å². The van der Waals surface area contributed by atoms with Gasteiger partial charge in [0.05, 0.1) is 7.11 Å². The topological polar surface area (TPSA) is 79.4 Å². The summed E-state index contributed by atoms with van der Waals surface area (Å²) in [5.74, 6) is 1.19. The summed E-state index contributed by atoms with van der Waals surface area (Å²) < 4.78 is 5.11. The monoisotopic (exact) mass is 329 g/mol. The van der Waals surface area contributed by atoms with Gasteiger partial charge in [0.2, 0.25) is 0 Å². The van der Waals surface area contributed by atoms with Crippen LogP contribution in [0.5, 0.6) is 5.75 Å². The third-order valence-corrected chi connectivity index (χ3v) is 3.38. The number of aromatic nitrogens is 2. The Morgan fingerprint density at radius 2 is 1.96 bits per heavy atom. The fraction of sp³-hybridized carbons (Fsp3) is 0.353. The largest absolute Gasteiger partial charge is 0.497 e. The number of carbonyl (C=O) groups excluding carboxylic acids is 1. The highest BCUT2D eigenvalue weighted by molar-refractivity contribution is 5.92. The molecule has 7 heteroatoms. The van der Waals surface area contributed by atoms with Gasteiger partial charge in [-0.2, -0.15) is 0 Å². The Labute approximate surface area is 142 Å². The molecular formula is C17H23N5O2. The highest BCUT2D eigenvalue weighted by Crippen LogP contribution is 2.11. The van der Waals surface area contributed by atoms with E-state index in [0.717, 1.165) is 24.4 Å². The van der Waals surface area contributed by atoms with Gasteiger partial charge in [-0.05, 0) is 31.8 Å². The smallest absolute Gasteiger partial charge is 0.270 e. The molecule has 2 N–H and O–H groups in total. The maximum absolute atomic E-state index is 12.2. The van der Waals surface area contributed by atoms with Crippen LogP contribution in [-0.4, -0.2) is 55.1 Å². The van der Waals surface area contributed by atoms with Crippen LogP contribution in [0.2, 0.25) is 0 Å². The lowest BCUT2D eigenvalue weighted by atomic mass is 10.2. The van der Waals surface area contributed by atoms with Crippen LogP contribution in [0.3, 0.4) is 0 Å². The molecule has 0 saturated heterocycles. The van der Waals surface area contributed by atoms with Crippen molar-refractivity contribution in [2.45, 2.75) is 6.54 Å². The van der Waals surface area contributed by atoms with Crippen molar-refractivity contribution in [3.05, 3.63) is 47.9 Å². The van der Waals surface area contributed by atoms with E-state index in [0.29, 0.717) is 18.1 Å². The number of methoxy groups -OCH3 is 1. The Morgan fingerprint density at radius 3 is 2.62 bits per heavy atom. The van der Waals surface area contributed by atoms with Crippen LogP contribution >= 0.6 is 0 Å². The molecule has 0 aliphatic carbocycles. The first-order valence-electron chi connectivity index (χ1n) is 7.70. The number of anilines is 1. The van der Waals surface area contributed by atoms with Gasteiger partial charge in [0.25, 0.3) is 5.91 Å². The van der Waals surface area contributed by atoms with Crippen LogP contribution < -0.4 is 15.4 Å². The van der Waals surface area contributed by atoms with E-state index >= 15 is 0 Å². The highest BCUT2D eigenvalue weighted by atomic mass is 16.5. The molecule has 2 aromatic rings. The maximum Gasteiger partial charge on any atom is 0.270 e. The van der Waals surface area contributed by atoms with E-state index in [-0.39, 0.29) is 5.91 Å². The van der Waals surface area contributed by atoms with Crippen molar-refractivity contribution in [2.75, 3.05) is 39.6 Å². The fourth-order valence-corrected chi connectivity index (χ4v) is 2.00. The van der Waals surface area contributed by atoms with Crippen molar-refractivity contribution in [3.63, 3.8) is 0 Å². The molecule has 0 radical (unpaired) electrons. The van der Waals surface area contributed by atoms with E-state index in [2.05, 4.69) is 25.5 Å². The third kappa shape index (κ3) is 5.51. The zero-order chi connectivity index (χ0) is 17.4. The third-order valence-electron chi connectivity index (χ3n) is 3.38. The highest BCUT2D eigenvalue weighted by Gasteiger charge is 2.08. The summed E-state index contributed by atoms with van der Waals surface area (Å²) in [7, 11) is 5.62. The number of nitrogens with zero attached hydrogens (tertiary/aromatic N) is 3. The molecule has 1 aromatic heterocycles. The van der Waals surface area contributed by atoms with Crippen molar-refractivity contribution in [2.24, 2.45) is 0 Å². The summed E-state index contributed by atoms with van der Waals surface area (Å²) in [6.45, 7) is 2.05. The van der Waals surface area contributed by atoms with Gasteiger partial charge >= 0.3 is 0 Å². The van der Waals surface area contributed by atoms with Crippen LogP contribution in [0.4, 0.5) is 5.82 Å². The summed E-state index contributed by atoms with van der Waals surface area (Å²) in [6, 6.07) is 9.19. The molecule has 0 unspecified atom stereocenters. The number of benzene rings is 1. The average Bonchev–Trinajstić information content (AvgIpc) is 2.60. The minimum Gasteiger partial charge on any atom is -0.497 e. The molecule has 0 fully saturated rings. The Kier molecular flexibility index (Phi) is 6.51. The Balaban J connectivity index is 1.89. The molecule has 0 aliphatic rings. The zero-order valence-corrected chi connectivity index (χ0v) is 14.2. The standard InChI is InChI=1S/C17H23N5O2/c1-22(2)9-8-18-16-10-15(20-12-21-16)17(23)19-11-13-4-6-14(24-3)7-5-13/h4-7,10,12H,8-9,11H2,1-3H3,(H,19,23)(H,18,20,21). The van der Waals surface area contributed by atoms with Crippen molar-refractivity contribution >= 4 is 11.7 Å². The van der Waals surface area contributed by atoms with Crippen molar-refractivity contribution < 1.29 is 9.53 Å². The average molecular weight is 329 g/mol. The lowest BCUT2D eigenvalue weighted by Crippen LogP contribution is -2.24. The SMILES string of the molecule is COc1ccc(CNC(=O)c2cc(NCCN(C)C)ncn2)cc1. The molecule has 2 rings (SSSR count). The Bertz CT molecular complexity index is 658. The zero-order valence-electron chi connectivity index (χ0n) is 14.2. The molecule has 0 aliphatic heterocycles. The predicted molar refractivity (Wildman–Crippen MR) is 93.2 cm³/mol. The van der Waals surface area contributed by atoms with Crippen molar-refractivity contribution in [3.8, 4) is 5.75 Å². The summed E-state index contributed by atoms with van der Waals surface area (Å²) in [5.41, 5.74) is 1.33. The quantitative estimate of drug-likeness (QED) is 0.762. The Morgan fingerprint density at radius 1 is 1.21 bits per heavy atom. The number of rotatable bonds is 8. The number of hydrogen-bond acceptors (Lipinski definition) is 6. The van der Waals surface area contributed by atoms with E-state index in [1.165, 1.54) is 6.33 Å². The first-order valence-corrected chi connectivity index (χ1v) is 7.70. The normalized spacial score (nSPS) is 10.5. The second-order valence-electron chi connectivity index (χ2n) is 5.55. The number of hydrogen-bond donors (Lipinski definition) is 2. The van der Waals surface area contributed by atoms with Crippen LogP contribution in [0, 0.1) is 0 Å². The van der Waals surface area contributed by atoms with Crippen LogP contribution in [-0.2, 0) is 6.54 Å². The van der Waals surface area contributed by atoms with Gasteiger partial charge in [0.15, 0.2) is 0 Å². The van der Waals surface area contributed by atoms with E-state index in [1.54, 1.807) is 13.2 Å². The van der Waals surface area contributed by atoms with Gasteiger partial charge < -0.3 is 20.3 Å². The van der Waals surface area contributed by atoms with E-state index < -0.39 is 0 Å². The minimum absolute atomic E-state index is 0.233. The molecule has 1 aromatic carbocycles. The molecular weight excluding hydrogens is 306 g/mol. The second-order valence-corrected chi connectivity index (χ2v) is 5.55. The van der Waals surface area contributed by atoms with Gasteiger partial charge in [0.1, 0.15) is 23.6 Å². The van der Waals surface area contributed by atoms with Crippen LogP contribution in [0.25, 0.3) is 0 Å². The number of carbonyl (C=O) groups is 1. The predicted octanol–water partition coefficient (Wildman–Crippen LogP) is 1.39. The van der Waals surface area contributed by atoms with Crippen LogP contribution in [0.15, 0.2) is 36.7 Å². The maximum atomic E-state index is 12.2. The molecule has 24 heavy (non-hydrogen) atoms. The summed E-state index contributed by atoms with van der Waals surface area (Å²) >= 11 is 0. The number of nitrogens with one attached hydrogen (secondary N) is 2. The van der Waals surface area contributed by atoms with Gasteiger partial charge in [-0.25, -0.2) is 9.97 Å². The lowest BCUT2D eigenvalue weighted by Gasteiger charge is -2.11. The fourth-order valence-electron chi connectivity index (χ4n) is 2.00. The summed E-state index contributed by atoms with van der Waals surface area (Å²) in [6.07, 6.45) is 1.39. The summed E-state index contributed by atoms with van der Waals surface area (Å²) in [4.78, 5) is 22.4. The van der Waals surface area contributed by atoms with Gasteiger partial charge in [0, 0.05) is 25.7 Å². The molecule has 0 spiro atoms. The first-order chi connectivity index (χ1) is 11.6. The van der Waals surface area contributed by atoms with Crippen LogP contribution in [0.1, 0.15) is 16.1 Å². The van der Waals surface area contributed by atoms with E-state index in [9.17, 15) is 4.79 Å². The summed E-state index contributed by atoms with van der Waals surface area (Å²) in [5, 5.41) is 6.02. The number of ether oxygens (including phenoxy) is 1. The second kappa shape index (κ2) is 8.83. The number of likely N-dealkylation sites (N-methyl/N-ethyl adjacent to an activating group) is 1. The van der Waals surface area contributed by atoms with Crippen molar-refractivity contribution in [1.29, 1.82) is 0 Å². The van der Waals surface area contributed by atoms with Gasteiger partial charge in [-0.15, -0.1) is 0 Å². The van der Waals surface area contributed by atoms with Gasteiger partial charge in [-0.3, -0.25) is 4.79 Å². The Hall–Kier alpha value is -2.67.